The summed E-state index contributed by atoms with van der Waals surface area (Å²) in [6.07, 6.45) is -5.17. The molecule has 0 fully saturated rings. The summed E-state index contributed by atoms with van der Waals surface area (Å²) >= 11 is 13.9. The maximum atomic E-state index is 15.7. The number of hydrogen-bond acceptors (Lipinski definition) is 7. The minimum absolute atomic E-state index is 0.0161. The number of halogens is 7. The molecule has 4 rings (SSSR count). The van der Waals surface area contributed by atoms with Crippen molar-refractivity contribution in [2.45, 2.75) is 74.7 Å². The van der Waals surface area contributed by atoms with Gasteiger partial charge in [0, 0.05) is 34.0 Å². The topological polar surface area (TPSA) is 99.5 Å². The van der Waals surface area contributed by atoms with Crippen LogP contribution in [0.1, 0.15) is 57.9 Å². The first kappa shape index (κ1) is 44.3. The Hall–Kier alpha value is -3.41. The Morgan fingerprint density at radius 1 is 0.982 bits per heavy atom. The third kappa shape index (κ3) is 9.95. The van der Waals surface area contributed by atoms with E-state index in [1.807, 2.05) is 30.5 Å². The van der Waals surface area contributed by atoms with Crippen LogP contribution in [0.25, 0.3) is 5.69 Å². The molecule has 0 aliphatic heterocycles. The van der Waals surface area contributed by atoms with Gasteiger partial charge in [0.15, 0.2) is 5.16 Å². The van der Waals surface area contributed by atoms with Gasteiger partial charge in [0.25, 0.3) is 0 Å². The molecular formula is C37H42Cl2F5N4O5S2+. The summed E-state index contributed by atoms with van der Waals surface area (Å²) in [6.45, 7) is 9.65. The fourth-order valence-electron chi connectivity index (χ4n) is 6.24. The summed E-state index contributed by atoms with van der Waals surface area (Å²) in [4.78, 5) is 15.9. The number of alkyl halides is 3. The maximum Gasteiger partial charge on any atom is 0.491 e. The summed E-state index contributed by atoms with van der Waals surface area (Å²) in [7, 11) is -2.91. The van der Waals surface area contributed by atoms with Crippen LogP contribution in [0.5, 0.6) is 5.75 Å². The molecule has 0 radical (unpaired) electrons. The molecule has 0 bridgehead atoms. The van der Waals surface area contributed by atoms with Crippen LogP contribution in [0.3, 0.4) is 0 Å². The van der Waals surface area contributed by atoms with E-state index < -0.39 is 56.9 Å². The summed E-state index contributed by atoms with van der Waals surface area (Å²) in [5.41, 5.74) is 1.40. The molecule has 9 nitrogen and oxygen atoms in total. The van der Waals surface area contributed by atoms with Crippen LogP contribution in [0.2, 0.25) is 10.0 Å². The lowest BCUT2D eigenvalue weighted by molar-refractivity contribution is -0.965. The van der Waals surface area contributed by atoms with Crippen LogP contribution >= 0.6 is 35.0 Å². The van der Waals surface area contributed by atoms with Crippen molar-refractivity contribution in [1.29, 1.82) is 0 Å². The number of imidazole rings is 1. The molecule has 0 aliphatic carbocycles. The van der Waals surface area contributed by atoms with Gasteiger partial charge in [-0.2, -0.15) is 13.2 Å². The molecule has 4 aromatic rings. The Balaban J connectivity index is 1.59. The summed E-state index contributed by atoms with van der Waals surface area (Å²) < 4.78 is 110. The summed E-state index contributed by atoms with van der Waals surface area (Å²) in [5, 5.41) is 0.643. The van der Waals surface area contributed by atoms with E-state index in [1.54, 1.807) is 45.2 Å². The molecule has 1 atom stereocenters. The van der Waals surface area contributed by atoms with Crippen LogP contribution in [0.15, 0.2) is 70.8 Å². The minimum Gasteiger partial charge on any atom is -0.495 e. The second-order valence-electron chi connectivity index (χ2n) is 13.1. The first-order valence-electron chi connectivity index (χ1n) is 17.2. The van der Waals surface area contributed by atoms with Crippen molar-refractivity contribution in [3.63, 3.8) is 0 Å². The zero-order valence-electron chi connectivity index (χ0n) is 30.9. The monoisotopic (exact) mass is 851 g/mol. The van der Waals surface area contributed by atoms with Gasteiger partial charge < -0.3 is 9.47 Å². The van der Waals surface area contributed by atoms with Crippen LogP contribution in [-0.2, 0) is 30.7 Å². The zero-order valence-corrected chi connectivity index (χ0v) is 34.1. The predicted octanol–water partition coefficient (Wildman–Crippen LogP) is 9.06. The van der Waals surface area contributed by atoms with E-state index in [0.29, 0.717) is 46.9 Å². The van der Waals surface area contributed by atoms with Gasteiger partial charge in [-0.1, -0.05) is 54.9 Å². The molecule has 300 valence electrons. The number of rotatable bonds is 17. The lowest BCUT2D eigenvalue weighted by Gasteiger charge is -2.41. The third-order valence-corrected chi connectivity index (χ3v) is 12.8. The van der Waals surface area contributed by atoms with Crippen LogP contribution in [0, 0.1) is 11.6 Å². The Labute approximate surface area is 331 Å². The number of nitrogens with zero attached hydrogens (tertiary/aromatic N) is 3. The van der Waals surface area contributed by atoms with E-state index >= 15 is 4.39 Å². The summed E-state index contributed by atoms with van der Waals surface area (Å²) in [6, 6.07) is 13.0. The van der Waals surface area contributed by atoms with E-state index in [-0.39, 0.29) is 27.2 Å². The van der Waals surface area contributed by atoms with Gasteiger partial charge in [0.1, 0.15) is 17.4 Å². The van der Waals surface area contributed by atoms with Gasteiger partial charge in [-0.15, -0.1) is 0 Å². The molecule has 18 heteroatoms. The Kier molecular flexibility index (Phi) is 14.3. The number of aromatic nitrogens is 2. The van der Waals surface area contributed by atoms with Crippen molar-refractivity contribution < 1.29 is 49.1 Å². The van der Waals surface area contributed by atoms with Gasteiger partial charge in [-0.25, -0.2) is 31.7 Å². The van der Waals surface area contributed by atoms with Crippen LogP contribution in [0.4, 0.5) is 22.0 Å². The maximum absolute atomic E-state index is 15.7. The molecule has 0 amide bonds. The van der Waals surface area contributed by atoms with Gasteiger partial charge in [-0.3, -0.25) is 9.05 Å². The minimum atomic E-state index is -5.23. The van der Waals surface area contributed by atoms with E-state index in [9.17, 15) is 30.8 Å². The highest BCUT2D eigenvalue weighted by Crippen LogP contribution is 2.40. The highest BCUT2D eigenvalue weighted by molar-refractivity contribution is 7.98. The van der Waals surface area contributed by atoms with Crippen molar-refractivity contribution in [3.8, 4) is 11.4 Å². The first-order valence-corrected chi connectivity index (χ1v) is 20.4. The number of carbonyl (C=O) groups is 1. The lowest BCUT2D eigenvalue weighted by atomic mass is 9.81. The van der Waals surface area contributed by atoms with E-state index in [1.165, 1.54) is 19.2 Å². The SMILES string of the molecule is CC[N+](CC)(CC)C(CCNS(=O)(=O)c1cc(F)c(CSc2ncc(C(C)(C)c3ccc(Cl)c(OC)c3)n2-c2ccc(F)cc2)c(Cl)c1)OC(=O)C(F)(F)F. The molecule has 0 spiro atoms. The average Bonchev–Trinajstić information content (AvgIpc) is 3.56. The molecule has 1 heterocycles. The van der Waals surface area contributed by atoms with Gasteiger partial charge in [0.2, 0.25) is 16.3 Å². The normalized spacial score (nSPS) is 13.2. The number of hydrogen-bond donors (Lipinski definition) is 1. The molecule has 1 N–H and O–H groups in total. The van der Waals surface area contributed by atoms with Crippen molar-refractivity contribution in [3.05, 3.63) is 99.3 Å². The van der Waals surface area contributed by atoms with Crippen LogP contribution < -0.4 is 9.46 Å². The number of carbonyl (C=O) groups excluding carboxylic acids is 1. The number of thioether (sulfide) groups is 1. The average molecular weight is 853 g/mol. The van der Waals surface area contributed by atoms with Crippen molar-refractivity contribution >= 4 is 51.0 Å². The zero-order chi connectivity index (χ0) is 40.9. The number of sulfonamides is 1. The highest BCUT2D eigenvalue weighted by Gasteiger charge is 2.46. The molecule has 0 aliphatic rings. The number of nitrogens with one attached hydrogen (secondary N) is 1. The fourth-order valence-corrected chi connectivity index (χ4v) is 8.97. The first-order chi connectivity index (χ1) is 25.7. The van der Waals surface area contributed by atoms with Crippen LogP contribution in [-0.4, -0.2) is 74.1 Å². The highest BCUT2D eigenvalue weighted by atomic mass is 35.5. The molecular weight excluding hydrogens is 810 g/mol. The van der Waals surface area contributed by atoms with E-state index in [4.69, 9.17) is 32.7 Å². The third-order valence-electron chi connectivity index (χ3n) is 9.76. The quantitative estimate of drug-likeness (QED) is 0.0372. The largest absolute Gasteiger partial charge is 0.495 e. The van der Waals surface area contributed by atoms with Crippen molar-refractivity contribution in [2.24, 2.45) is 0 Å². The van der Waals surface area contributed by atoms with Crippen molar-refractivity contribution in [1.82, 2.24) is 14.3 Å². The smallest absolute Gasteiger partial charge is 0.491 e. The fraction of sp³-hybridized carbons (Fsp3) is 0.405. The second-order valence-corrected chi connectivity index (χ2v) is 16.6. The van der Waals surface area contributed by atoms with E-state index in [0.717, 1.165) is 29.5 Å². The lowest BCUT2D eigenvalue weighted by Crippen LogP contribution is -2.58. The summed E-state index contributed by atoms with van der Waals surface area (Å²) in [5.74, 6) is -3.35. The molecule has 1 unspecified atom stereocenters. The van der Waals surface area contributed by atoms with Crippen molar-refractivity contribution in [2.75, 3.05) is 33.3 Å². The number of benzene rings is 3. The van der Waals surface area contributed by atoms with Gasteiger partial charge in [-0.05, 0) is 74.9 Å². The molecule has 0 saturated heterocycles. The van der Waals surface area contributed by atoms with E-state index in [2.05, 4.69) is 9.71 Å². The Bertz CT molecular complexity index is 2060. The molecule has 3 aromatic carbocycles. The number of methoxy groups -OCH3 is 1. The second kappa shape index (κ2) is 17.8. The number of esters is 1. The number of quaternary nitrogens is 1. The molecule has 1 aromatic heterocycles. The standard InChI is InChI=1S/C37H42Cl2F5N4O5S2/c1-7-48(8-2,9-3)33(53-34(49)37(42,43)44)16-17-46-55(50,51)26-19-29(39)27(30(41)20-26)22-54-35-45-21-32(47(35)25-13-11-24(40)12-14-25)36(4,5)23-10-15-28(38)31(18-23)52-6/h10-15,18-21,33,46H,7-9,16-17,22H2,1-6H3/q+1. The predicted molar refractivity (Wildman–Crippen MR) is 202 cm³/mol. The Morgan fingerprint density at radius 3 is 2.18 bits per heavy atom. The molecule has 55 heavy (non-hydrogen) atoms. The van der Waals surface area contributed by atoms with Gasteiger partial charge >= 0.3 is 12.1 Å². The Morgan fingerprint density at radius 2 is 1.62 bits per heavy atom. The number of ether oxygens (including phenoxy) is 2. The molecule has 0 saturated carbocycles. The van der Waals surface area contributed by atoms with Gasteiger partial charge in [0.05, 0.1) is 55.0 Å².